The van der Waals surface area contributed by atoms with Crippen molar-refractivity contribution in [3.8, 4) is 11.4 Å². The number of para-hydroxylation sites is 1. The van der Waals surface area contributed by atoms with Gasteiger partial charge in [-0.2, -0.15) is 4.98 Å². The van der Waals surface area contributed by atoms with Gasteiger partial charge >= 0.3 is 0 Å². The smallest absolute Gasteiger partial charge is 0.244 e. The van der Waals surface area contributed by atoms with Crippen molar-refractivity contribution in [2.75, 3.05) is 37.7 Å². The summed E-state index contributed by atoms with van der Waals surface area (Å²) in [5, 5.41) is 5.54. The number of likely N-dealkylation sites (tertiary alicyclic amines) is 1. The number of anilines is 1. The highest BCUT2D eigenvalue weighted by Gasteiger charge is 2.31. The minimum atomic E-state index is 0.144. The molecule has 0 radical (unpaired) electrons. The first-order valence-electron chi connectivity index (χ1n) is 11.3. The summed E-state index contributed by atoms with van der Waals surface area (Å²) in [6, 6.07) is 12.6. The Bertz CT molecular complexity index is 1190. The maximum Gasteiger partial charge on any atom is 0.244 e. The fraction of sp³-hybridized carbons (Fsp3) is 0.375. The van der Waals surface area contributed by atoms with Crippen molar-refractivity contribution in [2.45, 2.75) is 25.4 Å². The van der Waals surface area contributed by atoms with E-state index in [0.29, 0.717) is 11.7 Å². The number of aromatic nitrogens is 4. The Hall–Kier alpha value is -3.23. The Balaban J connectivity index is 1.19. The Morgan fingerprint density at radius 3 is 2.84 bits per heavy atom. The molecule has 0 amide bonds. The third-order valence-electron chi connectivity index (χ3n) is 6.48. The van der Waals surface area contributed by atoms with Crippen LogP contribution in [-0.4, -0.2) is 57.9 Å². The van der Waals surface area contributed by atoms with Crippen LogP contribution in [0.1, 0.15) is 30.3 Å². The Morgan fingerprint density at radius 2 is 1.97 bits per heavy atom. The van der Waals surface area contributed by atoms with Crippen LogP contribution in [0.25, 0.3) is 22.3 Å². The summed E-state index contributed by atoms with van der Waals surface area (Å²) in [5.41, 5.74) is 3.35. The number of nitrogens with one attached hydrogen (secondary N) is 1. The number of fused-ring (bicyclic) bond motifs is 1. The Kier molecular flexibility index (Phi) is 5.09. The van der Waals surface area contributed by atoms with Crippen molar-refractivity contribution in [2.24, 2.45) is 0 Å². The first kappa shape index (κ1) is 19.5. The van der Waals surface area contributed by atoms with E-state index in [1.54, 1.807) is 0 Å². The van der Waals surface area contributed by atoms with Crippen LogP contribution in [0, 0.1) is 0 Å². The fourth-order valence-corrected chi connectivity index (χ4v) is 4.76. The maximum atomic E-state index is 5.72. The average Bonchev–Trinajstić information content (AvgIpc) is 3.60. The number of H-pyrrole nitrogens is 1. The molecule has 1 atom stereocenters. The molecule has 2 saturated heterocycles. The molecule has 0 aliphatic carbocycles. The van der Waals surface area contributed by atoms with Crippen molar-refractivity contribution in [3.63, 3.8) is 0 Å². The minimum Gasteiger partial charge on any atom is -0.378 e. The molecule has 2 fully saturated rings. The number of aromatic amines is 1. The lowest BCUT2D eigenvalue weighted by atomic mass is 10.1. The second-order valence-electron chi connectivity index (χ2n) is 8.45. The number of rotatable bonds is 5. The zero-order valence-electron chi connectivity index (χ0n) is 17.9. The second kappa shape index (κ2) is 8.37. The van der Waals surface area contributed by atoms with Crippen molar-refractivity contribution >= 4 is 16.7 Å². The van der Waals surface area contributed by atoms with Crippen LogP contribution in [0.5, 0.6) is 0 Å². The lowest BCUT2D eigenvalue weighted by Crippen LogP contribution is -2.36. The molecular weight excluding hydrogens is 404 g/mol. The Labute approximate surface area is 186 Å². The monoisotopic (exact) mass is 430 g/mol. The molecule has 2 aliphatic heterocycles. The topological polar surface area (TPSA) is 83.3 Å². The van der Waals surface area contributed by atoms with Crippen LogP contribution in [0.15, 0.2) is 53.3 Å². The van der Waals surface area contributed by atoms with Gasteiger partial charge in [0.2, 0.25) is 11.7 Å². The van der Waals surface area contributed by atoms with Gasteiger partial charge in [0.05, 0.1) is 19.3 Å². The molecule has 2 aliphatic rings. The van der Waals surface area contributed by atoms with Gasteiger partial charge in [-0.25, -0.2) is 4.98 Å². The number of ether oxygens (including phenoxy) is 1. The van der Waals surface area contributed by atoms with E-state index in [0.717, 1.165) is 63.6 Å². The molecule has 4 aromatic rings. The Morgan fingerprint density at radius 1 is 1.06 bits per heavy atom. The predicted molar refractivity (Wildman–Crippen MR) is 121 cm³/mol. The highest BCUT2D eigenvalue weighted by Crippen LogP contribution is 2.34. The van der Waals surface area contributed by atoms with Gasteiger partial charge in [-0.15, -0.1) is 0 Å². The molecule has 1 N–H and O–H groups in total. The molecule has 1 aromatic carbocycles. The van der Waals surface area contributed by atoms with Crippen LogP contribution in [-0.2, 0) is 11.3 Å². The van der Waals surface area contributed by atoms with Crippen molar-refractivity contribution in [3.05, 3.63) is 60.2 Å². The van der Waals surface area contributed by atoms with E-state index in [2.05, 4.69) is 55.4 Å². The molecule has 3 aromatic heterocycles. The average molecular weight is 431 g/mol. The van der Waals surface area contributed by atoms with Gasteiger partial charge < -0.3 is 19.1 Å². The van der Waals surface area contributed by atoms with Crippen LogP contribution < -0.4 is 4.90 Å². The summed E-state index contributed by atoms with van der Waals surface area (Å²) in [6.45, 7) is 5.11. The van der Waals surface area contributed by atoms with Gasteiger partial charge in [-0.3, -0.25) is 4.90 Å². The third-order valence-corrected chi connectivity index (χ3v) is 6.48. The van der Waals surface area contributed by atoms with Crippen LogP contribution >= 0.6 is 0 Å². The summed E-state index contributed by atoms with van der Waals surface area (Å²) in [7, 11) is 0. The molecule has 0 spiro atoms. The zero-order valence-corrected chi connectivity index (χ0v) is 17.9. The minimum absolute atomic E-state index is 0.144. The van der Waals surface area contributed by atoms with E-state index in [1.165, 1.54) is 16.5 Å². The van der Waals surface area contributed by atoms with Crippen LogP contribution in [0.2, 0.25) is 0 Å². The van der Waals surface area contributed by atoms with Gasteiger partial charge in [-0.05, 0) is 43.1 Å². The van der Waals surface area contributed by atoms with Gasteiger partial charge in [0, 0.05) is 48.5 Å². The number of morpholine rings is 1. The number of hydrogen-bond donors (Lipinski definition) is 1. The van der Waals surface area contributed by atoms with E-state index in [4.69, 9.17) is 14.2 Å². The summed E-state index contributed by atoms with van der Waals surface area (Å²) in [5.74, 6) is 2.25. The highest BCUT2D eigenvalue weighted by atomic mass is 16.5. The molecule has 0 bridgehead atoms. The molecule has 5 heterocycles. The van der Waals surface area contributed by atoms with E-state index in [-0.39, 0.29) is 6.04 Å². The fourth-order valence-electron chi connectivity index (χ4n) is 4.76. The summed E-state index contributed by atoms with van der Waals surface area (Å²) in [6.07, 6.45) is 6.09. The van der Waals surface area contributed by atoms with Crippen molar-refractivity contribution in [1.82, 2.24) is 25.0 Å². The number of benzene rings is 1. The molecule has 32 heavy (non-hydrogen) atoms. The zero-order chi connectivity index (χ0) is 21.3. The molecule has 8 heteroatoms. The van der Waals surface area contributed by atoms with E-state index in [9.17, 15) is 0 Å². The number of hydrogen-bond acceptors (Lipinski definition) is 7. The molecule has 164 valence electrons. The second-order valence-corrected chi connectivity index (χ2v) is 8.45. The molecule has 0 unspecified atom stereocenters. The summed E-state index contributed by atoms with van der Waals surface area (Å²) < 4.78 is 11.1. The SMILES string of the molecule is c1ccc2c(CN3CCC[C@H]3c3nc(-c4ccc(N5CCOCC5)nc4)no3)c[nH]c2c1. The summed E-state index contributed by atoms with van der Waals surface area (Å²) in [4.78, 5) is 17.4. The standard InChI is InChI=1S/C24H26N6O2/c1-2-5-20-19(4-1)18(15-25-20)16-30-9-3-6-21(30)24-27-23(28-32-24)17-7-8-22(26-14-17)29-10-12-31-13-11-29/h1-2,4-5,7-8,14-15,21,25H,3,6,9-13,16H2/t21-/m0/s1. The van der Waals surface area contributed by atoms with E-state index < -0.39 is 0 Å². The van der Waals surface area contributed by atoms with E-state index in [1.807, 2.05) is 18.3 Å². The maximum absolute atomic E-state index is 5.72. The van der Waals surface area contributed by atoms with Crippen molar-refractivity contribution in [1.29, 1.82) is 0 Å². The number of nitrogens with zero attached hydrogens (tertiary/aromatic N) is 5. The van der Waals surface area contributed by atoms with Crippen molar-refractivity contribution < 1.29 is 9.26 Å². The van der Waals surface area contributed by atoms with Gasteiger partial charge in [0.25, 0.3) is 0 Å². The highest BCUT2D eigenvalue weighted by molar-refractivity contribution is 5.83. The third kappa shape index (κ3) is 3.65. The van der Waals surface area contributed by atoms with Gasteiger partial charge in [-0.1, -0.05) is 23.4 Å². The first-order valence-corrected chi connectivity index (χ1v) is 11.3. The quantitative estimate of drug-likeness (QED) is 0.516. The van der Waals surface area contributed by atoms with Crippen LogP contribution in [0.3, 0.4) is 0 Å². The summed E-state index contributed by atoms with van der Waals surface area (Å²) >= 11 is 0. The molecule has 0 saturated carbocycles. The normalized spacial score (nSPS) is 19.8. The molecular formula is C24H26N6O2. The lowest BCUT2D eigenvalue weighted by molar-refractivity contribution is 0.122. The largest absolute Gasteiger partial charge is 0.378 e. The molecule has 6 rings (SSSR count). The predicted octanol–water partition coefficient (Wildman–Crippen LogP) is 3.79. The first-order chi connectivity index (χ1) is 15.8. The lowest BCUT2D eigenvalue weighted by Gasteiger charge is -2.27. The van der Waals surface area contributed by atoms with Gasteiger partial charge in [0.1, 0.15) is 5.82 Å². The van der Waals surface area contributed by atoms with E-state index >= 15 is 0 Å². The number of pyridine rings is 1. The van der Waals surface area contributed by atoms with Crippen LogP contribution in [0.4, 0.5) is 5.82 Å². The van der Waals surface area contributed by atoms with Gasteiger partial charge in [0.15, 0.2) is 0 Å². The molecule has 8 nitrogen and oxygen atoms in total.